The molecule has 1 unspecified atom stereocenters. The van der Waals surface area contributed by atoms with Crippen molar-refractivity contribution in [3.8, 4) is 0 Å². The van der Waals surface area contributed by atoms with E-state index in [9.17, 15) is 4.79 Å². The predicted molar refractivity (Wildman–Crippen MR) is 52.6 cm³/mol. The Kier molecular flexibility index (Phi) is 5.56. The van der Waals surface area contributed by atoms with Crippen LogP contribution in [-0.4, -0.2) is 25.4 Å². The molecule has 0 aromatic rings. The molecule has 1 fully saturated rings. The van der Waals surface area contributed by atoms with Gasteiger partial charge < -0.3 is 15.2 Å². The molecule has 4 nitrogen and oxygen atoms in total. The van der Waals surface area contributed by atoms with E-state index in [-0.39, 0.29) is 12.2 Å². The van der Waals surface area contributed by atoms with Crippen molar-refractivity contribution in [1.82, 2.24) is 0 Å². The van der Waals surface area contributed by atoms with Crippen molar-refractivity contribution in [3.05, 3.63) is 0 Å². The molecule has 0 saturated carbocycles. The molecule has 82 valence electrons. The minimum Gasteiger partial charge on any atom is -0.370 e. The highest BCUT2D eigenvalue weighted by Crippen LogP contribution is 2.13. The smallest absolute Gasteiger partial charge is 0.217 e. The average Bonchev–Trinajstić information content (AvgIpc) is 2.18. The number of ether oxygens (including phenoxy) is 2. The fraction of sp³-hybridized carbons (Fsp3) is 0.900. The van der Waals surface area contributed by atoms with E-state index < -0.39 is 0 Å². The summed E-state index contributed by atoms with van der Waals surface area (Å²) in [5, 5.41) is 0. The van der Waals surface area contributed by atoms with E-state index in [1.165, 1.54) is 6.42 Å². The van der Waals surface area contributed by atoms with Gasteiger partial charge in [-0.2, -0.15) is 0 Å². The van der Waals surface area contributed by atoms with Crippen LogP contribution in [0.25, 0.3) is 0 Å². The Labute approximate surface area is 84.7 Å². The van der Waals surface area contributed by atoms with Crippen molar-refractivity contribution in [2.24, 2.45) is 5.73 Å². The number of carbonyl (C=O) groups is 1. The molecule has 4 heteroatoms. The zero-order valence-corrected chi connectivity index (χ0v) is 8.54. The molecule has 0 aromatic carbocycles. The van der Waals surface area contributed by atoms with Gasteiger partial charge in [-0.3, -0.25) is 4.79 Å². The van der Waals surface area contributed by atoms with Gasteiger partial charge in [0.05, 0.1) is 0 Å². The van der Waals surface area contributed by atoms with Crippen LogP contribution in [0.3, 0.4) is 0 Å². The van der Waals surface area contributed by atoms with Gasteiger partial charge in [0.15, 0.2) is 6.29 Å². The fourth-order valence-corrected chi connectivity index (χ4v) is 1.46. The minimum atomic E-state index is -0.237. The van der Waals surface area contributed by atoms with Crippen LogP contribution in [0.15, 0.2) is 0 Å². The maximum Gasteiger partial charge on any atom is 0.217 e. The first kappa shape index (κ1) is 11.5. The maximum absolute atomic E-state index is 10.4. The highest BCUT2D eigenvalue weighted by Gasteiger charge is 2.13. The Balaban J connectivity index is 1.90. The van der Waals surface area contributed by atoms with Crippen LogP contribution < -0.4 is 5.73 Å². The van der Waals surface area contributed by atoms with Gasteiger partial charge in [0.2, 0.25) is 5.91 Å². The zero-order chi connectivity index (χ0) is 10.2. The van der Waals surface area contributed by atoms with Gasteiger partial charge in [-0.05, 0) is 32.1 Å². The first-order valence-electron chi connectivity index (χ1n) is 5.30. The second-order valence-corrected chi connectivity index (χ2v) is 3.59. The van der Waals surface area contributed by atoms with E-state index in [2.05, 4.69) is 0 Å². The highest BCUT2D eigenvalue weighted by molar-refractivity contribution is 5.73. The van der Waals surface area contributed by atoms with E-state index in [1.54, 1.807) is 0 Å². The number of amides is 1. The van der Waals surface area contributed by atoms with Crippen molar-refractivity contribution in [2.75, 3.05) is 13.2 Å². The molecule has 1 atom stereocenters. The fourth-order valence-electron chi connectivity index (χ4n) is 1.46. The van der Waals surface area contributed by atoms with Crippen molar-refractivity contribution >= 4 is 5.91 Å². The van der Waals surface area contributed by atoms with E-state index in [4.69, 9.17) is 15.2 Å². The van der Waals surface area contributed by atoms with E-state index in [0.717, 1.165) is 32.3 Å². The second-order valence-electron chi connectivity index (χ2n) is 3.59. The van der Waals surface area contributed by atoms with E-state index in [1.807, 2.05) is 0 Å². The van der Waals surface area contributed by atoms with Crippen LogP contribution in [0.1, 0.15) is 38.5 Å². The molecule has 14 heavy (non-hydrogen) atoms. The van der Waals surface area contributed by atoms with Crippen molar-refractivity contribution in [3.63, 3.8) is 0 Å². The topological polar surface area (TPSA) is 61.6 Å². The average molecular weight is 201 g/mol. The number of rotatable bonds is 6. The van der Waals surface area contributed by atoms with Crippen molar-refractivity contribution < 1.29 is 14.3 Å². The summed E-state index contributed by atoms with van der Waals surface area (Å²) in [5.41, 5.74) is 5.01. The molecule has 2 N–H and O–H groups in total. The van der Waals surface area contributed by atoms with Gasteiger partial charge in [-0.1, -0.05) is 0 Å². The molecular formula is C10H19NO3. The molecule has 0 radical (unpaired) electrons. The summed E-state index contributed by atoms with van der Waals surface area (Å²) < 4.78 is 10.9. The third kappa shape index (κ3) is 5.19. The molecule has 1 aliphatic rings. The van der Waals surface area contributed by atoms with Gasteiger partial charge in [0.25, 0.3) is 0 Å². The lowest BCUT2D eigenvalue weighted by Gasteiger charge is -2.22. The molecule has 0 aliphatic carbocycles. The van der Waals surface area contributed by atoms with Crippen LogP contribution >= 0.6 is 0 Å². The van der Waals surface area contributed by atoms with Crippen LogP contribution in [0.2, 0.25) is 0 Å². The summed E-state index contributed by atoms with van der Waals surface area (Å²) in [5.74, 6) is -0.237. The highest BCUT2D eigenvalue weighted by atomic mass is 16.7. The van der Waals surface area contributed by atoms with Gasteiger partial charge in [0, 0.05) is 19.6 Å². The molecule has 0 bridgehead atoms. The monoisotopic (exact) mass is 201 g/mol. The number of carbonyl (C=O) groups excluding carboxylic acids is 1. The standard InChI is InChI=1S/C10H19NO3/c11-9(12)5-1-3-7-13-10-6-2-4-8-14-10/h10H,1-8H2,(H2,11,12). The summed E-state index contributed by atoms with van der Waals surface area (Å²) in [4.78, 5) is 10.4. The largest absolute Gasteiger partial charge is 0.370 e. The number of nitrogens with two attached hydrogens (primary N) is 1. The lowest BCUT2D eigenvalue weighted by Crippen LogP contribution is -2.22. The Morgan fingerprint density at radius 1 is 1.43 bits per heavy atom. The Hall–Kier alpha value is -0.610. The number of unbranched alkanes of at least 4 members (excludes halogenated alkanes) is 1. The molecule has 1 saturated heterocycles. The molecule has 1 heterocycles. The molecular weight excluding hydrogens is 182 g/mol. The summed E-state index contributed by atoms with van der Waals surface area (Å²) in [6.07, 6.45) is 5.44. The third-order valence-corrected chi connectivity index (χ3v) is 2.26. The lowest BCUT2D eigenvalue weighted by atomic mass is 10.2. The van der Waals surface area contributed by atoms with Crippen LogP contribution in [0, 0.1) is 0 Å². The van der Waals surface area contributed by atoms with Crippen molar-refractivity contribution in [1.29, 1.82) is 0 Å². The number of hydrogen-bond acceptors (Lipinski definition) is 3. The lowest BCUT2D eigenvalue weighted by molar-refractivity contribution is -0.162. The summed E-state index contributed by atoms with van der Waals surface area (Å²) >= 11 is 0. The molecule has 0 aromatic heterocycles. The zero-order valence-electron chi connectivity index (χ0n) is 8.54. The SMILES string of the molecule is NC(=O)CCCCOC1CCCCO1. The van der Waals surface area contributed by atoms with Gasteiger partial charge in [0.1, 0.15) is 0 Å². The number of hydrogen-bond donors (Lipinski definition) is 1. The third-order valence-electron chi connectivity index (χ3n) is 2.26. The van der Waals surface area contributed by atoms with E-state index >= 15 is 0 Å². The first-order valence-corrected chi connectivity index (χ1v) is 5.30. The normalized spacial score (nSPS) is 22.1. The summed E-state index contributed by atoms with van der Waals surface area (Å²) in [6.45, 7) is 1.48. The Morgan fingerprint density at radius 2 is 2.29 bits per heavy atom. The first-order chi connectivity index (χ1) is 6.79. The molecule has 1 aliphatic heterocycles. The minimum absolute atomic E-state index is 0.0164. The number of primary amides is 1. The van der Waals surface area contributed by atoms with Crippen LogP contribution in [-0.2, 0) is 14.3 Å². The Morgan fingerprint density at radius 3 is 2.93 bits per heavy atom. The van der Waals surface area contributed by atoms with E-state index in [0.29, 0.717) is 13.0 Å². The predicted octanol–water partition coefficient (Wildman–Crippen LogP) is 1.19. The quantitative estimate of drug-likeness (QED) is 0.656. The summed E-state index contributed by atoms with van der Waals surface area (Å²) in [6, 6.07) is 0. The molecule has 1 rings (SSSR count). The van der Waals surface area contributed by atoms with Gasteiger partial charge in [-0.15, -0.1) is 0 Å². The van der Waals surface area contributed by atoms with Gasteiger partial charge >= 0.3 is 0 Å². The maximum atomic E-state index is 10.4. The second kappa shape index (κ2) is 6.79. The molecule has 0 spiro atoms. The van der Waals surface area contributed by atoms with Crippen LogP contribution in [0.4, 0.5) is 0 Å². The van der Waals surface area contributed by atoms with Gasteiger partial charge in [-0.25, -0.2) is 0 Å². The molecule has 1 amide bonds. The van der Waals surface area contributed by atoms with Crippen LogP contribution in [0.5, 0.6) is 0 Å². The van der Waals surface area contributed by atoms with Crippen molar-refractivity contribution in [2.45, 2.75) is 44.8 Å². The Bertz CT molecular complexity index is 167. The summed E-state index contributed by atoms with van der Waals surface area (Å²) in [7, 11) is 0.